The van der Waals surface area contributed by atoms with Gasteiger partial charge in [-0.1, -0.05) is 48.5 Å². The maximum absolute atomic E-state index is 12.5. The largest absolute Gasteiger partial charge is 0.481 e. The van der Waals surface area contributed by atoms with Gasteiger partial charge in [0.15, 0.2) is 0 Å². The molecule has 2 aromatic carbocycles. The highest BCUT2D eigenvalue weighted by Crippen LogP contribution is 2.44. The van der Waals surface area contributed by atoms with E-state index in [1.807, 2.05) is 24.3 Å². The Morgan fingerprint density at radius 1 is 1.03 bits per heavy atom. The van der Waals surface area contributed by atoms with Crippen LogP contribution in [-0.4, -0.2) is 40.7 Å². The number of aromatic nitrogens is 1. The monoisotopic (exact) mass is 491 g/mol. The minimum Gasteiger partial charge on any atom is -0.481 e. The number of nitrogens with one attached hydrogen (secondary N) is 2. The molecule has 1 heterocycles. The highest BCUT2D eigenvalue weighted by atomic mass is 32.1. The maximum Gasteiger partial charge on any atom is 0.407 e. The van der Waals surface area contributed by atoms with Crippen LogP contribution in [0.4, 0.5) is 4.79 Å². The summed E-state index contributed by atoms with van der Waals surface area (Å²) in [5.74, 6) is -1.57. The van der Waals surface area contributed by atoms with Gasteiger partial charge in [0.1, 0.15) is 17.3 Å². The number of nitrogens with zero attached hydrogens (tertiary/aromatic N) is 1. The molecule has 0 radical (unpaired) electrons. The molecule has 5 rings (SSSR count). The summed E-state index contributed by atoms with van der Waals surface area (Å²) in [6.07, 6.45) is 1.09. The molecule has 2 aliphatic carbocycles. The van der Waals surface area contributed by atoms with Crippen LogP contribution >= 0.6 is 11.3 Å². The Hall–Kier alpha value is -3.72. The van der Waals surface area contributed by atoms with Crippen LogP contribution in [0.1, 0.15) is 51.8 Å². The molecule has 0 aliphatic heterocycles. The first-order valence-electron chi connectivity index (χ1n) is 11.6. The van der Waals surface area contributed by atoms with Gasteiger partial charge < -0.3 is 20.5 Å². The molecule has 1 fully saturated rings. The molecule has 0 bridgehead atoms. The van der Waals surface area contributed by atoms with Gasteiger partial charge in [-0.2, -0.15) is 0 Å². The van der Waals surface area contributed by atoms with E-state index in [2.05, 4.69) is 39.9 Å². The van der Waals surface area contributed by atoms with E-state index in [1.165, 1.54) is 22.5 Å². The third kappa shape index (κ3) is 4.90. The van der Waals surface area contributed by atoms with Crippen molar-refractivity contribution in [2.45, 2.75) is 37.8 Å². The predicted octanol–water partition coefficient (Wildman–Crippen LogP) is 4.16. The van der Waals surface area contributed by atoms with Crippen molar-refractivity contribution in [3.63, 3.8) is 0 Å². The first-order valence-corrected chi connectivity index (χ1v) is 12.4. The number of aliphatic carboxylic acids is 1. The topological polar surface area (TPSA) is 118 Å². The van der Waals surface area contributed by atoms with Crippen molar-refractivity contribution in [1.82, 2.24) is 15.6 Å². The SMILES string of the molecule is O=C(NCc1nc(C(=O)N[C@H]2CC[C@@H](C(=O)O)C2)cs1)OCC1c2ccccc2-c2ccccc21. The molecule has 2 aliphatic rings. The number of amides is 2. The summed E-state index contributed by atoms with van der Waals surface area (Å²) < 4.78 is 5.53. The fourth-order valence-corrected chi connectivity index (χ4v) is 5.60. The van der Waals surface area contributed by atoms with Gasteiger partial charge in [0, 0.05) is 17.3 Å². The number of carboxylic acid groups (broad SMARTS) is 1. The first-order chi connectivity index (χ1) is 17.0. The second-order valence-corrected chi connectivity index (χ2v) is 9.77. The molecular weight excluding hydrogens is 466 g/mol. The minimum atomic E-state index is -0.822. The van der Waals surface area contributed by atoms with Gasteiger partial charge in [0.05, 0.1) is 12.5 Å². The number of ether oxygens (including phenoxy) is 1. The standard InChI is InChI=1S/C26H25N3O5S/c30-24(28-16-10-9-15(11-16)25(31)32)22-14-35-23(29-22)12-27-26(33)34-13-21-19-7-3-1-5-17(19)18-6-2-4-8-20(18)21/h1-8,14-16,21H,9-13H2,(H,27,33)(H,28,30)(H,31,32)/t15-,16+/m1/s1. The Balaban J connectivity index is 1.12. The average molecular weight is 492 g/mol. The van der Waals surface area contributed by atoms with E-state index in [9.17, 15) is 14.4 Å². The summed E-state index contributed by atoms with van der Waals surface area (Å²) in [7, 11) is 0. The van der Waals surface area contributed by atoms with E-state index in [4.69, 9.17) is 9.84 Å². The van der Waals surface area contributed by atoms with Crippen molar-refractivity contribution in [3.8, 4) is 11.1 Å². The lowest BCUT2D eigenvalue weighted by Gasteiger charge is -2.14. The number of benzene rings is 2. The van der Waals surface area contributed by atoms with E-state index >= 15 is 0 Å². The van der Waals surface area contributed by atoms with Crippen LogP contribution in [0.3, 0.4) is 0 Å². The highest BCUT2D eigenvalue weighted by Gasteiger charge is 2.31. The molecule has 0 unspecified atom stereocenters. The molecule has 9 heteroatoms. The second kappa shape index (κ2) is 9.87. The number of alkyl carbamates (subject to hydrolysis) is 1. The fraction of sp³-hybridized carbons (Fsp3) is 0.308. The molecule has 35 heavy (non-hydrogen) atoms. The van der Waals surface area contributed by atoms with Gasteiger partial charge >= 0.3 is 12.1 Å². The zero-order chi connectivity index (χ0) is 24.4. The molecule has 3 N–H and O–H groups in total. The second-order valence-electron chi connectivity index (χ2n) is 8.82. The van der Waals surface area contributed by atoms with Gasteiger partial charge in [-0.25, -0.2) is 9.78 Å². The van der Waals surface area contributed by atoms with E-state index in [1.54, 1.807) is 5.38 Å². The number of hydrogen-bond donors (Lipinski definition) is 3. The third-order valence-electron chi connectivity index (χ3n) is 6.63. The molecule has 2 amide bonds. The number of carbonyl (C=O) groups excluding carboxylic acids is 2. The first kappa shape index (κ1) is 23.0. The molecule has 0 spiro atoms. The summed E-state index contributed by atoms with van der Waals surface area (Å²) in [5.41, 5.74) is 4.89. The Morgan fingerprint density at radius 3 is 2.37 bits per heavy atom. The summed E-state index contributed by atoms with van der Waals surface area (Å²) in [6.45, 7) is 0.378. The lowest BCUT2D eigenvalue weighted by molar-refractivity contribution is -0.141. The smallest absolute Gasteiger partial charge is 0.407 e. The van der Waals surface area contributed by atoms with Crippen LogP contribution in [0.15, 0.2) is 53.9 Å². The summed E-state index contributed by atoms with van der Waals surface area (Å²) in [5, 5.41) is 16.9. The third-order valence-corrected chi connectivity index (χ3v) is 7.48. The summed E-state index contributed by atoms with van der Waals surface area (Å²) >= 11 is 1.27. The van der Waals surface area contributed by atoms with Crippen molar-refractivity contribution in [2.24, 2.45) is 5.92 Å². The van der Waals surface area contributed by atoms with Gasteiger partial charge in [0.2, 0.25) is 0 Å². The molecule has 180 valence electrons. The van der Waals surface area contributed by atoms with Crippen LogP contribution in [0.2, 0.25) is 0 Å². The van der Waals surface area contributed by atoms with Gasteiger partial charge in [-0.05, 0) is 41.5 Å². The lowest BCUT2D eigenvalue weighted by Crippen LogP contribution is -2.33. The van der Waals surface area contributed by atoms with Crippen LogP contribution in [0.5, 0.6) is 0 Å². The van der Waals surface area contributed by atoms with Crippen LogP contribution in [0, 0.1) is 5.92 Å². The normalized spacial score (nSPS) is 18.5. The van der Waals surface area contributed by atoms with E-state index in [0.717, 1.165) is 11.1 Å². The van der Waals surface area contributed by atoms with E-state index < -0.39 is 18.0 Å². The number of carbonyl (C=O) groups is 3. The molecule has 8 nitrogen and oxygen atoms in total. The predicted molar refractivity (Wildman–Crippen MR) is 130 cm³/mol. The Morgan fingerprint density at radius 2 is 1.71 bits per heavy atom. The summed E-state index contributed by atoms with van der Waals surface area (Å²) in [6, 6.07) is 16.1. The van der Waals surface area contributed by atoms with Gasteiger partial charge in [0.25, 0.3) is 5.91 Å². The van der Waals surface area contributed by atoms with E-state index in [-0.39, 0.29) is 36.7 Å². The Bertz CT molecular complexity index is 1230. The van der Waals surface area contributed by atoms with Crippen LogP contribution in [0.25, 0.3) is 11.1 Å². The molecule has 1 aromatic heterocycles. The molecule has 2 atom stereocenters. The zero-order valence-electron chi connectivity index (χ0n) is 18.9. The number of rotatable bonds is 7. The number of thiazole rings is 1. The van der Waals surface area contributed by atoms with E-state index in [0.29, 0.717) is 24.3 Å². The highest BCUT2D eigenvalue weighted by molar-refractivity contribution is 7.09. The Kier molecular flexibility index (Phi) is 6.50. The maximum atomic E-state index is 12.5. The number of fused-ring (bicyclic) bond motifs is 3. The van der Waals surface area contributed by atoms with Crippen molar-refractivity contribution >= 4 is 29.3 Å². The van der Waals surface area contributed by atoms with Crippen molar-refractivity contribution in [3.05, 3.63) is 75.7 Å². The molecule has 3 aromatic rings. The number of carboxylic acids is 1. The average Bonchev–Trinajstić information content (AvgIpc) is 3.59. The van der Waals surface area contributed by atoms with Crippen molar-refractivity contribution in [1.29, 1.82) is 0 Å². The number of hydrogen-bond acceptors (Lipinski definition) is 6. The molecular formula is C26H25N3O5S. The van der Waals surface area contributed by atoms with Crippen molar-refractivity contribution in [2.75, 3.05) is 6.61 Å². The van der Waals surface area contributed by atoms with Gasteiger partial charge in [-0.3, -0.25) is 9.59 Å². The minimum absolute atomic E-state index is 0.0142. The van der Waals surface area contributed by atoms with Crippen LogP contribution < -0.4 is 10.6 Å². The molecule has 0 saturated heterocycles. The lowest BCUT2D eigenvalue weighted by atomic mass is 9.98. The quantitative estimate of drug-likeness (QED) is 0.457. The zero-order valence-corrected chi connectivity index (χ0v) is 19.7. The van der Waals surface area contributed by atoms with Gasteiger partial charge in [-0.15, -0.1) is 11.3 Å². The Labute approximate surface area is 206 Å². The summed E-state index contributed by atoms with van der Waals surface area (Å²) in [4.78, 5) is 40.2. The molecule has 1 saturated carbocycles. The van der Waals surface area contributed by atoms with Crippen molar-refractivity contribution < 1.29 is 24.2 Å². The fourth-order valence-electron chi connectivity index (χ4n) is 4.89. The van der Waals surface area contributed by atoms with Crippen LogP contribution in [-0.2, 0) is 16.1 Å².